The summed E-state index contributed by atoms with van der Waals surface area (Å²) < 4.78 is 0. The van der Waals surface area contributed by atoms with E-state index >= 15 is 0 Å². The van der Waals surface area contributed by atoms with E-state index in [1.807, 2.05) is 11.8 Å². The quantitative estimate of drug-likeness (QED) is 0.539. The molecular weight excluding hydrogens is 238 g/mol. The average Bonchev–Trinajstić information content (AvgIpc) is 2.29. The van der Waals surface area contributed by atoms with E-state index in [-0.39, 0.29) is 0 Å². The van der Waals surface area contributed by atoms with Gasteiger partial charge in [0.2, 0.25) is 0 Å². The van der Waals surface area contributed by atoms with E-state index in [1.165, 1.54) is 10.5 Å². The normalized spacial score (nSPS) is 11.0. The van der Waals surface area contributed by atoms with Gasteiger partial charge in [-0.15, -0.1) is 23.4 Å². The van der Waals surface area contributed by atoms with Crippen molar-refractivity contribution in [1.82, 2.24) is 4.90 Å². The number of benzene rings is 1. The first-order chi connectivity index (χ1) is 7.76. The lowest BCUT2D eigenvalue weighted by Gasteiger charge is -2.15. The van der Waals surface area contributed by atoms with Gasteiger partial charge in [-0.05, 0) is 43.5 Å². The second-order valence-electron chi connectivity index (χ2n) is 3.86. The van der Waals surface area contributed by atoms with Crippen molar-refractivity contribution in [2.45, 2.75) is 24.8 Å². The first kappa shape index (κ1) is 13.9. The molecule has 0 saturated carbocycles. The summed E-state index contributed by atoms with van der Waals surface area (Å²) in [6.07, 6.45) is 1.06. The first-order valence-corrected chi connectivity index (χ1v) is 7.24. The summed E-state index contributed by atoms with van der Waals surface area (Å²) in [5.74, 6) is 1.88. The lowest BCUT2D eigenvalue weighted by atomic mass is 10.2. The molecule has 16 heavy (non-hydrogen) atoms. The van der Waals surface area contributed by atoms with Crippen molar-refractivity contribution in [3.05, 3.63) is 29.8 Å². The predicted octanol–water partition coefficient (Wildman–Crippen LogP) is 3.86. The summed E-state index contributed by atoms with van der Waals surface area (Å²) in [6.45, 7) is 4.25. The highest BCUT2D eigenvalue weighted by Gasteiger charge is 2.00. The number of hydrogen-bond donors (Lipinski definition) is 0. The van der Waals surface area contributed by atoms with Gasteiger partial charge in [0.25, 0.3) is 0 Å². The summed E-state index contributed by atoms with van der Waals surface area (Å²) in [5.41, 5.74) is 1.37. The SMILES string of the molecule is CCSc1ccc(CN(C)CCCCl)cc1. The highest BCUT2D eigenvalue weighted by atomic mass is 35.5. The van der Waals surface area contributed by atoms with Crippen LogP contribution >= 0.6 is 23.4 Å². The van der Waals surface area contributed by atoms with Crippen LogP contribution in [-0.4, -0.2) is 30.1 Å². The van der Waals surface area contributed by atoms with Crippen molar-refractivity contribution in [1.29, 1.82) is 0 Å². The molecule has 0 aromatic heterocycles. The smallest absolute Gasteiger partial charge is 0.0235 e. The molecule has 0 aliphatic heterocycles. The average molecular weight is 258 g/mol. The van der Waals surface area contributed by atoms with Crippen LogP contribution in [0.1, 0.15) is 18.9 Å². The zero-order chi connectivity index (χ0) is 11.8. The molecule has 0 radical (unpaired) electrons. The second kappa shape index (κ2) is 7.99. The molecule has 1 aromatic carbocycles. The Bertz CT molecular complexity index is 286. The molecule has 1 rings (SSSR count). The summed E-state index contributed by atoms with van der Waals surface area (Å²) >= 11 is 7.56. The van der Waals surface area contributed by atoms with E-state index in [1.54, 1.807) is 0 Å². The van der Waals surface area contributed by atoms with Crippen LogP contribution < -0.4 is 0 Å². The standard InChI is InChI=1S/C13H20ClNS/c1-3-16-13-7-5-12(6-8-13)11-15(2)10-4-9-14/h5-8H,3-4,9-11H2,1-2H3. The Morgan fingerprint density at radius 1 is 1.25 bits per heavy atom. The Morgan fingerprint density at radius 2 is 1.94 bits per heavy atom. The van der Waals surface area contributed by atoms with Gasteiger partial charge in [-0.3, -0.25) is 0 Å². The van der Waals surface area contributed by atoms with E-state index in [0.29, 0.717) is 0 Å². The fourth-order valence-electron chi connectivity index (χ4n) is 1.58. The lowest BCUT2D eigenvalue weighted by molar-refractivity contribution is 0.328. The molecule has 0 saturated heterocycles. The van der Waals surface area contributed by atoms with Crippen molar-refractivity contribution in [3.8, 4) is 0 Å². The molecule has 90 valence electrons. The summed E-state index contributed by atoms with van der Waals surface area (Å²) in [4.78, 5) is 3.67. The largest absolute Gasteiger partial charge is 0.302 e. The zero-order valence-electron chi connectivity index (χ0n) is 10.1. The fourth-order valence-corrected chi connectivity index (χ4v) is 2.36. The Kier molecular flexibility index (Phi) is 6.93. The van der Waals surface area contributed by atoms with Gasteiger partial charge in [0.1, 0.15) is 0 Å². The fraction of sp³-hybridized carbons (Fsp3) is 0.538. The molecule has 0 unspecified atom stereocenters. The molecule has 1 aromatic rings. The Morgan fingerprint density at radius 3 is 2.50 bits per heavy atom. The predicted molar refractivity (Wildman–Crippen MR) is 74.5 cm³/mol. The maximum absolute atomic E-state index is 5.67. The van der Waals surface area contributed by atoms with Crippen LogP contribution in [0.5, 0.6) is 0 Å². The van der Waals surface area contributed by atoms with Crippen LogP contribution in [0, 0.1) is 0 Å². The van der Waals surface area contributed by atoms with Gasteiger partial charge in [-0.2, -0.15) is 0 Å². The molecule has 0 bridgehead atoms. The zero-order valence-corrected chi connectivity index (χ0v) is 11.7. The third kappa shape index (κ3) is 5.24. The summed E-state index contributed by atoms with van der Waals surface area (Å²) in [6, 6.07) is 8.85. The number of thioether (sulfide) groups is 1. The van der Waals surface area contributed by atoms with E-state index in [2.05, 4.69) is 43.1 Å². The minimum absolute atomic E-state index is 0.746. The maximum atomic E-state index is 5.67. The molecular formula is C13H20ClNS. The molecule has 0 aliphatic rings. The van der Waals surface area contributed by atoms with Crippen LogP contribution in [0.15, 0.2) is 29.2 Å². The van der Waals surface area contributed by atoms with Gasteiger partial charge in [0, 0.05) is 17.3 Å². The third-order valence-electron chi connectivity index (χ3n) is 2.36. The van der Waals surface area contributed by atoms with Crippen molar-refractivity contribution in [3.63, 3.8) is 0 Å². The van der Waals surface area contributed by atoms with Crippen LogP contribution in [0.3, 0.4) is 0 Å². The highest BCUT2D eigenvalue weighted by molar-refractivity contribution is 7.99. The van der Waals surface area contributed by atoms with Crippen molar-refractivity contribution in [2.75, 3.05) is 25.2 Å². The van der Waals surface area contributed by atoms with Crippen molar-refractivity contribution < 1.29 is 0 Å². The van der Waals surface area contributed by atoms with E-state index in [0.717, 1.165) is 31.1 Å². The lowest BCUT2D eigenvalue weighted by Crippen LogP contribution is -2.19. The first-order valence-electron chi connectivity index (χ1n) is 5.72. The summed E-state index contributed by atoms with van der Waals surface area (Å²) in [7, 11) is 2.14. The maximum Gasteiger partial charge on any atom is 0.0235 e. The number of nitrogens with zero attached hydrogens (tertiary/aromatic N) is 1. The molecule has 0 fully saturated rings. The molecule has 0 atom stereocenters. The van der Waals surface area contributed by atoms with Crippen LogP contribution in [0.2, 0.25) is 0 Å². The molecule has 0 heterocycles. The van der Waals surface area contributed by atoms with E-state index < -0.39 is 0 Å². The minimum atomic E-state index is 0.746. The molecule has 0 aliphatic carbocycles. The summed E-state index contributed by atoms with van der Waals surface area (Å²) in [5, 5.41) is 0. The highest BCUT2D eigenvalue weighted by Crippen LogP contribution is 2.18. The Hall–Kier alpha value is -0.180. The van der Waals surface area contributed by atoms with Gasteiger partial charge >= 0.3 is 0 Å². The number of hydrogen-bond acceptors (Lipinski definition) is 2. The second-order valence-corrected chi connectivity index (χ2v) is 5.57. The topological polar surface area (TPSA) is 3.24 Å². The Labute approximate surface area is 108 Å². The molecule has 3 heteroatoms. The van der Waals surface area contributed by atoms with Gasteiger partial charge in [0.15, 0.2) is 0 Å². The van der Waals surface area contributed by atoms with Crippen LogP contribution in [-0.2, 0) is 6.54 Å². The van der Waals surface area contributed by atoms with Gasteiger partial charge in [0.05, 0.1) is 0 Å². The van der Waals surface area contributed by atoms with E-state index in [4.69, 9.17) is 11.6 Å². The monoisotopic (exact) mass is 257 g/mol. The number of halogens is 1. The third-order valence-corrected chi connectivity index (χ3v) is 3.52. The molecule has 0 spiro atoms. The molecule has 0 amide bonds. The van der Waals surface area contributed by atoms with Gasteiger partial charge in [-0.25, -0.2) is 0 Å². The number of alkyl halides is 1. The minimum Gasteiger partial charge on any atom is -0.302 e. The van der Waals surface area contributed by atoms with Crippen LogP contribution in [0.25, 0.3) is 0 Å². The van der Waals surface area contributed by atoms with Crippen LogP contribution in [0.4, 0.5) is 0 Å². The number of rotatable bonds is 7. The molecule has 1 nitrogen and oxygen atoms in total. The van der Waals surface area contributed by atoms with Crippen molar-refractivity contribution in [2.24, 2.45) is 0 Å². The molecule has 0 N–H and O–H groups in total. The van der Waals surface area contributed by atoms with Gasteiger partial charge in [-0.1, -0.05) is 19.1 Å². The Balaban J connectivity index is 2.41. The van der Waals surface area contributed by atoms with E-state index in [9.17, 15) is 0 Å². The van der Waals surface area contributed by atoms with Gasteiger partial charge < -0.3 is 4.90 Å². The van der Waals surface area contributed by atoms with Crippen molar-refractivity contribution >= 4 is 23.4 Å².